The Kier molecular flexibility index (Phi) is 7.53. The van der Waals surface area contributed by atoms with E-state index >= 15 is 0 Å². The molecular formula is C40H40O8. The standard InChI is InChI=1S/C40H40O8/c41-37(29-19-11-15-25-13-3-5-17-27(25)29)43-31-32(44-38(42)30-20-12-16-26-14-4-6-18-28(26)30)34-36(48-40(46-34)23-9-2-10-24-40)35-33(31)45-39(47-35)21-7-1-8-22-39/h3-6,11-20,31-36H,1-2,7-10,21-24H2/t31-,32-,33-,34+,35-,36-/m1/s1. The number of fused-ring (bicyclic) bond motifs is 5. The molecule has 4 aromatic carbocycles. The molecule has 3 saturated carbocycles. The lowest BCUT2D eigenvalue weighted by molar-refractivity contribution is -0.224. The highest BCUT2D eigenvalue weighted by atomic mass is 16.8. The third-order valence-electron chi connectivity index (χ3n) is 11.1. The van der Waals surface area contributed by atoms with Crippen LogP contribution in [-0.2, 0) is 28.4 Å². The predicted molar refractivity (Wildman–Crippen MR) is 177 cm³/mol. The Hall–Kier alpha value is -3.82. The van der Waals surface area contributed by atoms with Gasteiger partial charge in [-0.2, -0.15) is 0 Å². The first kappa shape index (κ1) is 30.3. The van der Waals surface area contributed by atoms with Crippen molar-refractivity contribution in [1.82, 2.24) is 0 Å². The highest BCUT2D eigenvalue weighted by Crippen LogP contribution is 2.52. The van der Waals surface area contributed by atoms with Gasteiger partial charge >= 0.3 is 11.9 Å². The molecule has 0 amide bonds. The van der Waals surface area contributed by atoms with Crippen molar-refractivity contribution in [3.63, 3.8) is 0 Å². The van der Waals surface area contributed by atoms with Crippen LogP contribution in [0, 0.1) is 0 Å². The lowest BCUT2D eigenvalue weighted by atomic mass is 9.84. The largest absolute Gasteiger partial charge is 0.452 e. The highest BCUT2D eigenvalue weighted by Gasteiger charge is 2.68. The van der Waals surface area contributed by atoms with Crippen LogP contribution in [-0.4, -0.2) is 60.1 Å². The van der Waals surface area contributed by atoms with E-state index in [1.165, 1.54) is 0 Å². The molecule has 5 aliphatic rings. The van der Waals surface area contributed by atoms with Crippen LogP contribution in [0.5, 0.6) is 0 Å². The van der Waals surface area contributed by atoms with Gasteiger partial charge in [-0.3, -0.25) is 0 Å². The van der Waals surface area contributed by atoms with Gasteiger partial charge in [0, 0.05) is 25.7 Å². The molecule has 0 N–H and O–H groups in total. The van der Waals surface area contributed by atoms with Crippen LogP contribution in [0.3, 0.4) is 0 Å². The molecule has 3 aliphatic carbocycles. The molecule has 48 heavy (non-hydrogen) atoms. The first-order valence-electron chi connectivity index (χ1n) is 17.6. The number of hydrogen-bond donors (Lipinski definition) is 0. The van der Waals surface area contributed by atoms with Crippen LogP contribution in [0.2, 0.25) is 0 Å². The Labute approximate surface area is 279 Å². The molecule has 8 heteroatoms. The number of benzene rings is 4. The van der Waals surface area contributed by atoms with Gasteiger partial charge in [0.15, 0.2) is 23.8 Å². The van der Waals surface area contributed by atoms with E-state index in [4.69, 9.17) is 28.4 Å². The molecule has 2 aliphatic heterocycles. The van der Waals surface area contributed by atoms with Crippen molar-refractivity contribution >= 4 is 33.5 Å². The zero-order valence-corrected chi connectivity index (χ0v) is 26.9. The highest BCUT2D eigenvalue weighted by molar-refractivity contribution is 6.05. The molecule has 248 valence electrons. The molecule has 2 saturated heterocycles. The molecule has 5 fully saturated rings. The van der Waals surface area contributed by atoms with E-state index < -0.39 is 60.1 Å². The maximum atomic E-state index is 14.2. The minimum absolute atomic E-state index is 0.435. The van der Waals surface area contributed by atoms with Crippen LogP contribution < -0.4 is 0 Å². The predicted octanol–water partition coefficient (Wildman–Crippen LogP) is 7.65. The number of hydrogen-bond acceptors (Lipinski definition) is 8. The monoisotopic (exact) mass is 648 g/mol. The first-order valence-corrected chi connectivity index (χ1v) is 17.6. The zero-order chi connectivity index (χ0) is 32.3. The number of carbonyl (C=O) groups is 2. The molecule has 2 spiro atoms. The summed E-state index contributed by atoms with van der Waals surface area (Å²) in [5.74, 6) is -2.63. The summed E-state index contributed by atoms with van der Waals surface area (Å²) >= 11 is 0. The second-order valence-corrected chi connectivity index (χ2v) is 14.1. The van der Waals surface area contributed by atoms with Gasteiger partial charge < -0.3 is 28.4 Å². The summed E-state index contributed by atoms with van der Waals surface area (Å²) in [7, 11) is 0. The Morgan fingerprint density at radius 1 is 0.479 bits per heavy atom. The summed E-state index contributed by atoms with van der Waals surface area (Å²) in [6.45, 7) is 0. The van der Waals surface area contributed by atoms with Crippen LogP contribution in [0.15, 0.2) is 84.9 Å². The SMILES string of the molecule is O=C(O[C@@H]1[C@@H](OC(=O)c2cccc3ccccc23)[C@@H]2OC3(CCCCC3)O[C@H]2[C@@H]2OC3(CCCCC3)O[C@H]12)c1cccc2ccccc12. The van der Waals surface area contributed by atoms with Gasteiger partial charge in [0.25, 0.3) is 0 Å². The number of ether oxygens (including phenoxy) is 6. The minimum atomic E-state index is -0.995. The summed E-state index contributed by atoms with van der Waals surface area (Å²) in [5.41, 5.74) is 0.870. The molecule has 8 nitrogen and oxygen atoms in total. The van der Waals surface area contributed by atoms with Gasteiger partial charge in [0.2, 0.25) is 0 Å². The van der Waals surface area contributed by atoms with Crippen molar-refractivity contribution < 1.29 is 38.0 Å². The van der Waals surface area contributed by atoms with E-state index in [0.29, 0.717) is 11.1 Å². The van der Waals surface area contributed by atoms with E-state index in [1.807, 2.05) is 72.8 Å². The number of rotatable bonds is 4. The first-order chi connectivity index (χ1) is 23.5. The number of carbonyl (C=O) groups excluding carboxylic acids is 2. The molecule has 9 rings (SSSR count). The summed E-state index contributed by atoms with van der Waals surface area (Å²) < 4.78 is 40.5. The Balaban J connectivity index is 1.13. The third-order valence-corrected chi connectivity index (χ3v) is 11.1. The van der Waals surface area contributed by atoms with E-state index in [-0.39, 0.29) is 0 Å². The average molecular weight is 649 g/mol. The van der Waals surface area contributed by atoms with Gasteiger partial charge in [-0.15, -0.1) is 0 Å². The van der Waals surface area contributed by atoms with Crippen LogP contribution in [0.1, 0.15) is 84.9 Å². The summed E-state index contributed by atoms with van der Waals surface area (Å²) in [6.07, 6.45) is 4.62. The van der Waals surface area contributed by atoms with Crippen LogP contribution in [0.25, 0.3) is 21.5 Å². The van der Waals surface area contributed by atoms with Gasteiger partial charge in [-0.1, -0.05) is 85.6 Å². The molecule has 6 atom stereocenters. The zero-order valence-electron chi connectivity index (χ0n) is 26.9. The van der Waals surface area contributed by atoms with Crippen molar-refractivity contribution in [3.05, 3.63) is 96.1 Å². The molecular weight excluding hydrogens is 608 g/mol. The van der Waals surface area contributed by atoms with Crippen molar-refractivity contribution in [3.8, 4) is 0 Å². The average Bonchev–Trinajstić information content (AvgIpc) is 3.68. The normalized spacial score (nSPS) is 30.2. The van der Waals surface area contributed by atoms with Crippen molar-refractivity contribution in [1.29, 1.82) is 0 Å². The lowest BCUT2D eigenvalue weighted by Crippen LogP contribution is -2.63. The molecule has 0 unspecified atom stereocenters. The fraction of sp³-hybridized carbons (Fsp3) is 0.450. The molecule has 0 bridgehead atoms. The fourth-order valence-corrected chi connectivity index (χ4v) is 8.81. The summed E-state index contributed by atoms with van der Waals surface area (Å²) in [6, 6.07) is 26.6. The van der Waals surface area contributed by atoms with E-state index in [0.717, 1.165) is 85.8 Å². The third kappa shape index (κ3) is 5.12. The van der Waals surface area contributed by atoms with Gasteiger partial charge in [-0.05, 0) is 59.4 Å². The lowest BCUT2D eigenvalue weighted by Gasteiger charge is -2.41. The second kappa shape index (κ2) is 11.9. The van der Waals surface area contributed by atoms with Crippen molar-refractivity contribution in [2.24, 2.45) is 0 Å². The van der Waals surface area contributed by atoms with E-state index in [2.05, 4.69) is 0 Å². The maximum absolute atomic E-state index is 14.2. The van der Waals surface area contributed by atoms with Crippen molar-refractivity contribution in [2.45, 2.75) is 112 Å². The maximum Gasteiger partial charge on any atom is 0.339 e. The Morgan fingerprint density at radius 2 is 0.854 bits per heavy atom. The van der Waals surface area contributed by atoms with Gasteiger partial charge in [0.05, 0.1) is 11.1 Å². The molecule has 4 aromatic rings. The van der Waals surface area contributed by atoms with E-state index in [9.17, 15) is 9.59 Å². The summed E-state index contributed by atoms with van der Waals surface area (Å²) in [5, 5.41) is 3.43. The van der Waals surface area contributed by atoms with E-state index in [1.54, 1.807) is 12.1 Å². The summed E-state index contributed by atoms with van der Waals surface area (Å²) in [4.78, 5) is 28.4. The Bertz CT molecular complexity index is 1710. The van der Waals surface area contributed by atoms with Crippen LogP contribution >= 0.6 is 0 Å². The molecule has 0 radical (unpaired) electrons. The minimum Gasteiger partial charge on any atom is -0.452 e. The molecule has 2 heterocycles. The smallest absolute Gasteiger partial charge is 0.339 e. The van der Waals surface area contributed by atoms with Crippen molar-refractivity contribution in [2.75, 3.05) is 0 Å². The second-order valence-electron chi connectivity index (χ2n) is 14.1. The fourth-order valence-electron chi connectivity index (χ4n) is 8.81. The van der Waals surface area contributed by atoms with Gasteiger partial charge in [0.1, 0.15) is 24.4 Å². The Morgan fingerprint density at radius 3 is 1.29 bits per heavy atom. The van der Waals surface area contributed by atoms with Gasteiger partial charge in [-0.25, -0.2) is 9.59 Å². The quantitative estimate of drug-likeness (QED) is 0.209. The topological polar surface area (TPSA) is 89.5 Å². The number of esters is 2. The molecule has 0 aromatic heterocycles. The van der Waals surface area contributed by atoms with Crippen LogP contribution in [0.4, 0.5) is 0 Å².